The zero-order chi connectivity index (χ0) is 35.4. The summed E-state index contributed by atoms with van der Waals surface area (Å²) in [7, 11) is 0. The minimum absolute atomic E-state index is 0.429. The molecule has 2 aliphatic rings. The number of furan rings is 1. The summed E-state index contributed by atoms with van der Waals surface area (Å²) < 4.78 is 6.82. The Hall–Kier alpha value is -7.10. The highest BCUT2D eigenvalue weighted by Gasteiger charge is 2.51. The predicted molar refractivity (Wildman–Crippen MR) is 219 cm³/mol. The van der Waals surface area contributed by atoms with Crippen molar-refractivity contribution in [3.8, 4) is 56.0 Å². The van der Waals surface area contributed by atoms with Crippen LogP contribution in [0.15, 0.2) is 186 Å². The Balaban J connectivity index is 1.09. The van der Waals surface area contributed by atoms with Gasteiger partial charge in [-0.1, -0.05) is 158 Å². The van der Waals surface area contributed by atoms with Gasteiger partial charge in [0.1, 0.15) is 11.2 Å². The molecule has 0 unspecified atom stereocenters. The number of rotatable bonds is 3. The first kappa shape index (κ1) is 29.5. The Morgan fingerprint density at radius 2 is 0.944 bits per heavy atom. The molecule has 0 N–H and O–H groups in total. The van der Waals surface area contributed by atoms with E-state index in [1.54, 1.807) is 0 Å². The largest absolute Gasteiger partial charge is 0.456 e. The molecule has 0 amide bonds. The van der Waals surface area contributed by atoms with Gasteiger partial charge in [0, 0.05) is 27.3 Å². The van der Waals surface area contributed by atoms with Gasteiger partial charge in [-0.3, -0.25) is 0 Å². The molecule has 54 heavy (non-hydrogen) atoms. The second-order valence-corrected chi connectivity index (χ2v) is 14.4. The lowest BCUT2D eigenvalue weighted by atomic mass is 9.70. The molecule has 0 fully saturated rings. The maximum Gasteiger partial charge on any atom is 0.161 e. The highest BCUT2D eigenvalue weighted by molar-refractivity contribution is 6.14. The van der Waals surface area contributed by atoms with Crippen LogP contribution in [-0.4, -0.2) is 9.97 Å². The van der Waals surface area contributed by atoms with Gasteiger partial charge < -0.3 is 4.42 Å². The van der Waals surface area contributed by atoms with Crippen LogP contribution in [0, 0.1) is 0 Å². The SMILES string of the molecule is c1ccc(-c2ccc(-c3nc(-c4cccc5oc6cc7c(cc6c45)-c4ccccc4C74c5ccccc5-c5ccccc54)nc4ccccc34)cc2)cc1. The maximum absolute atomic E-state index is 6.82. The molecule has 8 aromatic carbocycles. The number of fused-ring (bicyclic) bond motifs is 14. The van der Waals surface area contributed by atoms with Crippen LogP contribution in [0.1, 0.15) is 22.3 Å². The summed E-state index contributed by atoms with van der Waals surface area (Å²) in [6, 6.07) is 65.2. The molecule has 3 heteroatoms. The zero-order valence-corrected chi connectivity index (χ0v) is 29.1. The van der Waals surface area contributed by atoms with Crippen LogP contribution < -0.4 is 0 Å². The van der Waals surface area contributed by atoms with Crippen molar-refractivity contribution in [1.29, 1.82) is 0 Å². The molecule has 0 aliphatic heterocycles. The van der Waals surface area contributed by atoms with Crippen molar-refractivity contribution in [3.63, 3.8) is 0 Å². The molecule has 0 atom stereocenters. The smallest absolute Gasteiger partial charge is 0.161 e. The molecule has 0 radical (unpaired) electrons. The third-order valence-electron chi connectivity index (χ3n) is 11.7. The van der Waals surface area contributed by atoms with Crippen molar-refractivity contribution in [2.45, 2.75) is 5.41 Å². The Kier molecular flexibility index (Phi) is 5.98. The molecular formula is C51H30N2O. The van der Waals surface area contributed by atoms with Gasteiger partial charge in [-0.15, -0.1) is 0 Å². The number of nitrogens with zero attached hydrogens (tertiary/aromatic N) is 2. The molecule has 2 heterocycles. The van der Waals surface area contributed by atoms with Gasteiger partial charge >= 0.3 is 0 Å². The fourth-order valence-electron chi connectivity index (χ4n) is 9.47. The van der Waals surface area contributed by atoms with Crippen molar-refractivity contribution in [2.24, 2.45) is 0 Å². The summed E-state index contributed by atoms with van der Waals surface area (Å²) in [6.07, 6.45) is 0. The summed E-state index contributed by atoms with van der Waals surface area (Å²) in [5.41, 5.74) is 17.8. The lowest BCUT2D eigenvalue weighted by Gasteiger charge is -2.30. The van der Waals surface area contributed by atoms with Crippen LogP contribution >= 0.6 is 0 Å². The molecule has 12 rings (SSSR count). The molecule has 0 saturated carbocycles. The van der Waals surface area contributed by atoms with Crippen molar-refractivity contribution in [1.82, 2.24) is 9.97 Å². The second-order valence-electron chi connectivity index (χ2n) is 14.4. The molecule has 2 aromatic heterocycles. The number of aromatic nitrogens is 2. The Labute approximate surface area is 311 Å². The van der Waals surface area contributed by atoms with Crippen molar-refractivity contribution < 1.29 is 4.42 Å². The summed E-state index contributed by atoms with van der Waals surface area (Å²) in [4.78, 5) is 10.5. The fraction of sp³-hybridized carbons (Fsp3) is 0.0196. The topological polar surface area (TPSA) is 38.9 Å². The quantitative estimate of drug-likeness (QED) is 0.186. The van der Waals surface area contributed by atoms with E-state index in [0.29, 0.717) is 5.82 Å². The Morgan fingerprint density at radius 1 is 0.370 bits per heavy atom. The van der Waals surface area contributed by atoms with Crippen LogP contribution in [0.25, 0.3) is 88.9 Å². The van der Waals surface area contributed by atoms with Crippen LogP contribution in [0.4, 0.5) is 0 Å². The lowest BCUT2D eigenvalue weighted by molar-refractivity contribution is 0.666. The van der Waals surface area contributed by atoms with Crippen LogP contribution in [0.2, 0.25) is 0 Å². The van der Waals surface area contributed by atoms with Gasteiger partial charge in [-0.25, -0.2) is 9.97 Å². The van der Waals surface area contributed by atoms with E-state index in [-0.39, 0.29) is 0 Å². The Morgan fingerprint density at radius 3 is 1.67 bits per heavy atom. The first-order valence-electron chi connectivity index (χ1n) is 18.5. The minimum atomic E-state index is -0.429. The first-order valence-corrected chi connectivity index (χ1v) is 18.5. The molecule has 2 aliphatic carbocycles. The number of hydrogen-bond donors (Lipinski definition) is 0. The predicted octanol–water partition coefficient (Wildman–Crippen LogP) is 12.9. The van der Waals surface area contributed by atoms with E-state index in [9.17, 15) is 0 Å². The molecule has 3 nitrogen and oxygen atoms in total. The van der Waals surface area contributed by atoms with Gasteiger partial charge in [0.05, 0.1) is 16.6 Å². The van der Waals surface area contributed by atoms with E-state index in [1.807, 2.05) is 12.1 Å². The van der Waals surface area contributed by atoms with Gasteiger partial charge in [0.25, 0.3) is 0 Å². The monoisotopic (exact) mass is 686 g/mol. The summed E-state index contributed by atoms with van der Waals surface area (Å²) >= 11 is 0. The number of para-hydroxylation sites is 1. The minimum Gasteiger partial charge on any atom is -0.456 e. The third-order valence-corrected chi connectivity index (χ3v) is 11.7. The van der Waals surface area contributed by atoms with E-state index < -0.39 is 5.41 Å². The number of benzene rings is 8. The molecule has 1 spiro atoms. The van der Waals surface area contributed by atoms with Gasteiger partial charge in [0.2, 0.25) is 0 Å². The maximum atomic E-state index is 6.82. The molecule has 0 saturated heterocycles. The van der Waals surface area contributed by atoms with E-state index in [1.165, 1.54) is 55.6 Å². The number of hydrogen-bond acceptors (Lipinski definition) is 3. The van der Waals surface area contributed by atoms with Gasteiger partial charge in [0.15, 0.2) is 5.82 Å². The standard InChI is InChI=1S/C51H30N2O/c1-2-13-31(14-3-1)32-25-27-33(28-26-32)49-37-18-7-11-23-45(37)52-50(53-49)38-19-12-24-46-48(38)40-29-39-36-17-6-10-22-43(36)51(44(39)30-47(40)54-46)41-20-8-4-15-34(41)35-16-5-9-21-42(35)51/h1-30H. The zero-order valence-electron chi connectivity index (χ0n) is 29.1. The third kappa shape index (κ3) is 3.90. The highest BCUT2D eigenvalue weighted by Crippen LogP contribution is 2.63. The first-order chi connectivity index (χ1) is 26.8. The summed E-state index contributed by atoms with van der Waals surface area (Å²) in [5, 5.41) is 3.12. The van der Waals surface area contributed by atoms with Gasteiger partial charge in [-0.2, -0.15) is 0 Å². The van der Waals surface area contributed by atoms with E-state index in [2.05, 4.69) is 170 Å². The van der Waals surface area contributed by atoms with Crippen molar-refractivity contribution in [3.05, 3.63) is 204 Å². The van der Waals surface area contributed by atoms with E-state index in [4.69, 9.17) is 14.4 Å². The highest BCUT2D eigenvalue weighted by atomic mass is 16.3. The average molecular weight is 687 g/mol. The molecule has 0 bridgehead atoms. The van der Waals surface area contributed by atoms with Gasteiger partial charge in [-0.05, 0) is 79.9 Å². The summed E-state index contributed by atoms with van der Waals surface area (Å²) in [5.74, 6) is 0.681. The van der Waals surface area contributed by atoms with Crippen LogP contribution in [0.5, 0.6) is 0 Å². The lowest BCUT2D eigenvalue weighted by Crippen LogP contribution is -2.25. The van der Waals surface area contributed by atoms with E-state index in [0.717, 1.165) is 49.7 Å². The Bertz CT molecular complexity index is 3110. The molecule has 250 valence electrons. The fourth-order valence-corrected chi connectivity index (χ4v) is 9.47. The average Bonchev–Trinajstić information content (AvgIpc) is 3.86. The van der Waals surface area contributed by atoms with Crippen molar-refractivity contribution >= 4 is 32.8 Å². The van der Waals surface area contributed by atoms with Crippen LogP contribution in [0.3, 0.4) is 0 Å². The molecular weight excluding hydrogens is 657 g/mol. The van der Waals surface area contributed by atoms with Crippen LogP contribution in [-0.2, 0) is 5.41 Å². The second kappa shape index (κ2) is 11.0. The van der Waals surface area contributed by atoms with E-state index >= 15 is 0 Å². The van der Waals surface area contributed by atoms with Crippen molar-refractivity contribution in [2.75, 3.05) is 0 Å². The summed E-state index contributed by atoms with van der Waals surface area (Å²) in [6.45, 7) is 0. The normalized spacial score (nSPS) is 13.3. The molecule has 10 aromatic rings.